The fourth-order valence-electron chi connectivity index (χ4n) is 2.89. The third kappa shape index (κ3) is 3.38. The van der Waals surface area contributed by atoms with E-state index in [4.69, 9.17) is 14.2 Å². The molecule has 0 amide bonds. The maximum atomic E-state index is 12.8. The van der Waals surface area contributed by atoms with E-state index in [1.54, 1.807) is 22.8 Å². The molecule has 4 rings (SSSR count). The fourth-order valence-corrected chi connectivity index (χ4v) is 5.14. The number of benzene rings is 2. The van der Waals surface area contributed by atoms with Gasteiger partial charge in [0.25, 0.3) is 10.0 Å². The molecule has 28 heavy (non-hydrogen) atoms. The number of hydrogen-bond acceptors (Lipinski definition) is 6. The number of allylic oxidation sites excluding steroid dienone is 1. The first kappa shape index (κ1) is 18.6. The maximum Gasteiger partial charge on any atom is 0.285 e. The molecule has 7 nitrogen and oxygen atoms in total. The average molecular weight is 418 g/mol. The Hall–Kier alpha value is -2.78. The molecule has 2 heterocycles. The van der Waals surface area contributed by atoms with Crippen LogP contribution in [-0.2, 0) is 16.6 Å². The lowest BCUT2D eigenvalue weighted by Gasteiger charge is -2.18. The number of fused-ring (bicyclic) bond motifs is 2. The normalized spacial score (nSPS) is 14.2. The van der Waals surface area contributed by atoms with E-state index in [-0.39, 0.29) is 4.90 Å². The van der Waals surface area contributed by atoms with Gasteiger partial charge in [0.15, 0.2) is 11.5 Å². The first-order valence-electron chi connectivity index (χ1n) is 8.51. The summed E-state index contributed by atoms with van der Waals surface area (Å²) < 4.78 is 48.7. The van der Waals surface area contributed by atoms with E-state index in [0.29, 0.717) is 41.8 Å². The van der Waals surface area contributed by atoms with Gasteiger partial charge in [0, 0.05) is 18.7 Å². The highest BCUT2D eigenvalue weighted by Crippen LogP contribution is 2.35. The third-order valence-electron chi connectivity index (χ3n) is 4.21. The second-order valence-corrected chi connectivity index (χ2v) is 8.60. The molecule has 0 N–H and O–H groups in total. The number of nitrogens with zero attached hydrogens (tertiary/aromatic N) is 2. The standard InChI is InChI=1S/C19H18N2O5S2/c1-3-8-21-15-11-16-17(26-10-9-25-16)12-18(15)27-19(21)20-28(22,23)14-6-4-13(24-2)5-7-14/h3-7,11-12H,1,8-10H2,2H3/b20-19-. The first-order chi connectivity index (χ1) is 13.5. The van der Waals surface area contributed by atoms with Gasteiger partial charge in [0.1, 0.15) is 19.0 Å². The van der Waals surface area contributed by atoms with Crippen LogP contribution in [0.1, 0.15) is 0 Å². The van der Waals surface area contributed by atoms with Crippen LogP contribution >= 0.6 is 11.3 Å². The van der Waals surface area contributed by atoms with Gasteiger partial charge in [-0.25, -0.2) is 0 Å². The van der Waals surface area contributed by atoms with Gasteiger partial charge in [-0.2, -0.15) is 8.42 Å². The predicted octanol–water partition coefficient (Wildman–Crippen LogP) is 2.96. The minimum atomic E-state index is -3.88. The smallest absolute Gasteiger partial charge is 0.285 e. The Labute approximate surface area is 166 Å². The van der Waals surface area contributed by atoms with Crippen molar-refractivity contribution in [1.29, 1.82) is 0 Å². The lowest BCUT2D eigenvalue weighted by atomic mass is 10.2. The average Bonchev–Trinajstić information content (AvgIpc) is 3.02. The van der Waals surface area contributed by atoms with E-state index in [9.17, 15) is 8.42 Å². The molecule has 3 aromatic rings. The van der Waals surface area contributed by atoms with Gasteiger partial charge < -0.3 is 18.8 Å². The molecule has 146 valence electrons. The van der Waals surface area contributed by atoms with Crippen LogP contribution in [0, 0.1) is 0 Å². The quantitative estimate of drug-likeness (QED) is 0.595. The van der Waals surface area contributed by atoms with E-state index >= 15 is 0 Å². The van der Waals surface area contributed by atoms with Gasteiger partial charge in [-0.05, 0) is 24.3 Å². The molecule has 1 aromatic heterocycles. The number of hydrogen-bond donors (Lipinski definition) is 0. The summed E-state index contributed by atoms with van der Waals surface area (Å²) in [6.07, 6.45) is 1.70. The van der Waals surface area contributed by atoms with Crippen molar-refractivity contribution in [1.82, 2.24) is 4.57 Å². The topological polar surface area (TPSA) is 79.1 Å². The SMILES string of the molecule is C=CCn1/c(=N/S(=O)(=O)c2ccc(OC)cc2)sc2cc3c(cc21)OCCO3. The number of rotatable bonds is 5. The molecule has 0 spiro atoms. The highest BCUT2D eigenvalue weighted by Gasteiger charge is 2.18. The zero-order chi connectivity index (χ0) is 19.7. The van der Waals surface area contributed by atoms with Crippen molar-refractivity contribution in [2.24, 2.45) is 4.40 Å². The Bertz CT molecular complexity index is 1210. The van der Waals surface area contributed by atoms with Crippen LogP contribution in [-0.4, -0.2) is 33.3 Å². The van der Waals surface area contributed by atoms with Crippen molar-refractivity contribution in [2.75, 3.05) is 20.3 Å². The summed E-state index contributed by atoms with van der Waals surface area (Å²) in [5.41, 5.74) is 0.817. The third-order valence-corrected chi connectivity index (χ3v) is 6.65. The van der Waals surface area contributed by atoms with E-state index < -0.39 is 10.0 Å². The summed E-state index contributed by atoms with van der Waals surface area (Å²) in [6.45, 7) is 5.15. The van der Waals surface area contributed by atoms with Crippen LogP contribution in [0.3, 0.4) is 0 Å². The fraction of sp³-hybridized carbons (Fsp3) is 0.211. The molecular weight excluding hydrogens is 400 g/mol. The molecule has 9 heteroatoms. The van der Waals surface area contributed by atoms with Crippen LogP contribution in [0.5, 0.6) is 17.2 Å². The van der Waals surface area contributed by atoms with Gasteiger partial charge in [0.2, 0.25) is 4.80 Å². The molecule has 0 aliphatic carbocycles. The minimum absolute atomic E-state index is 0.0990. The summed E-state index contributed by atoms with van der Waals surface area (Å²) in [4.78, 5) is 0.454. The molecule has 0 saturated carbocycles. The van der Waals surface area contributed by atoms with E-state index in [1.807, 2.05) is 12.1 Å². The number of thiazole rings is 1. The lowest BCUT2D eigenvalue weighted by Crippen LogP contribution is -2.17. The van der Waals surface area contributed by atoms with Gasteiger partial charge in [-0.1, -0.05) is 17.4 Å². The van der Waals surface area contributed by atoms with E-state index in [1.165, 1.54) is 30.6 Å². The Morgan fingerprint density at radius 2 is 1.89 bits per heavy atom. The molecule has 0 bridgehead atoms. The van der Waals surface area contributed by atoms with Crippen molar-refractivity contribution in [2.45, 2.75) is 11.4 Å². The molecule has 0 fully saturated rings. The van der Waals surface area contributed by atoms with Crippen molar-refractivity contribution in [3.05, 3.63) is 53.9 Å². The van der Waals surface area contributed by atoms with Gasteiger partial charge in [-0.3, -0.25) is 0 Å². The number of sulfonamides is 1. The zero-order valence-electron chi connectivity index (χ0n) is 15.1. The molecule has 0 saturated heterocycles. The Kier molecular flexibility index (Phi) is 4.86. The number of ether oxygens (including phenoxy) is 3. The molecule has 0 radical (unpaired) electrons. The lowest BCUT2D eigenvalue weighted by molar-refractivity contribution is 0.172. The molecule has 1 aliphatic heterocycles. The zero-order valence-corrected chi connectivity index (χ0v) is 16.8. The van der Waals surface area contributed by atoms with Crippen LogP contribution in [0.25, 0.3) is 10.2 Å². The highest BCUT2D eigenvalue weighted by molar-refractivity contribution is 7.90. The molecule has 2 aromatic carbocycles. The molecule has 0 atom stereocenters. The Balaban J connectivity index is 1.88. The van der Waals surface area contributed by atoms with Crippen LogP contribution in [0.4, 0.5) is 0 Å². The largest absolute Gasteiger partial charge is 0.497 e. The Morgan fingerprint density at radius 3 is 2.54 bits per heavy atom. The Morgan fingerprint density at radius 1 is 1.21 bits per heavy atom. The highest BCUT2D eigenvalue weighted by atomic mass is 32.2. The summed E-state index contributed by atoms with van der Waals surface area (Å²) in [7, 11) is -2.36. The second kappa shape index (κ2) is 7.33. The van der Waals surface area contributed by atoms with Crippen molar-refractivity contribution in [3.63, 3.8) is 0 Å². The van der Waals surface area contributed by atoms with Crippen molar-refractivity contribution >= 4 is 31.6 Å². The van der Waals surface area contributed by atoms with Gasteiger partial charge in [-0.15, -0.1) is 11.0 Å². The van der Waals surface area contributed by atoms with Crippen molar-refractivity contribution < 1.29 is 22.6 Å². The number of aromatic nitrogens is 1. The van der Waals surface area contributed by atoms with Crippen LogP contribution < -0.4 is 19.0 Å². The monoisotopic (exact) mass is 418 g/mol. The molecular formula is C19H18N2O5S2. The minimum Gasteiger partial charge on any atom is -0.497 e. The summed E-state index contributed by atoms with van der Waals surface area (Å²) in [6, 6.07) is 9.84. The molecule has 1 aliphatic rings. The summed E-state index contributed by atoms with van der Waals surface area (Å²) in [5.74, 6) is 1.86. The van der Waals surface area contributed by atoms with E-state index in [2.05, 4.69) is 11.0 Å². The summed E-state index contributed by atoms with van der Waals surface area (Å²) >= 11 is 1.27. The number of methoxy groups -OCH3 is 1. The second-order valence-electron chi connectivity index (χ2n) is 5.99. The predicted molar refractivity (Wildman–Crippen MR) is 107 cm³/mol. The first-order valence-corrected chi connectivity index (χ1v) is 10.8. The van der Waals surface area contributed by atoms with Crippen molar-refractivity contribution in [3.8, 4) is 17.2 Å². The maximum absolute atomic E-state index is 12.8. The van der Waals surface area contributed by atoms with Gasteiger partial charge >= 0.3 is 0 Å². The van der Waals surface area contributed by atoms with Crippen LogP contribution in [0.2, 0.25) is 0 Å². The van der Waals surface area contributed by atoms with E-state index in [0.717, 1.165) is 10.2 Å². The van der Waals surface area contributed by atoms with Crippen LogP contribution in [0.15, 0.2) is 58.3 Å². The van der Waals surface area contributed by atoms with Gasteiger partial charge in [0.05, 0.1) is 22.2 Å². The molecule has 0 unspecified atom stereocenters. The summed E-state index contributed by atoms with van der Waals surface area (Å²) in [5, 5.41) is 0.